The molecular formula is C15H29N3O2. The first kappa shape index (κ1) is 17.1. The van der Waals surface area contributed by atoms with Crippen LogP contribution in [0.15, 0.2) is 6.20 Å². The number of methoxy groups -OCH3 is 2. The number of rotatable bonds is 8. The lowest BCUT2D eigenvalue weighted by atomic mass is 9.67. The largest absolute Gasteiger partial charge is 0.384 e. The van der Waals surface area contributed by atoms with Gasteiger partial charge < -0.3 is 9.47 Å². The Morgan fingerprint density at radius 3 is 2.10 bits per heavy atom. The summed E-state index contributed by atoms with van der Waals surface area (Å²) in [5.74, 6) is 0.355. The molecule has 0 radical (unpaired) electrons. The third-order valence-corrected chi connectivity index (χ3v) is 4.03. The normalized spacial score (nSPS) is 13.2. The van der Waals surface area contributed by atoms with Crippen molar-refractivity contribution in [2.24, 2.45) is 18.4 Å². The fourth-order valence-corrected chi connectivity index (χ4v) is 2.93. The van der Waals surface area contributed by atoms with Crippen molar-refractivity contribution in [2.75, 3.05) is 27.4 Å². The molecule has 0 aliphatic carbocycles. The monoisotopic (exact) mass is 283 g/mol. The average molecular weight is 283 g/mol. The smallest absolute Gasteiger partial charge is 0.0883 e. The lowest BCUT2D eigenvalue weighted by Crippen LogP contribution is -2.37. The van der Waals surface area contributed by atoms with Crippen LogP contribution in [0.25, 0.3) is 0 Å². The van der Waals surface area contributed by atoms with E-state index >= 15 is 0 Å². The van der Waals surface area contributed by atoms with E-state index in [-0.39, 0.29) is 10.8 Å². The molecule has 0 aliphatic heterocycles. The van der Waals surface area contributed by atoms with Crippen molar-refractivity contribution in [2.45, 2.75) is 39.5 Å². The second-order valence-electron chi connectivity index (χ2n) is 6.93. The molecule has 1 heterocycles. The van der Waals surface area contributed by atoms with E-state index in [1.807, 2.05) is 13.2 Å². The number of aryl methyl sites for hydroxylation is 1. The molecule has 0 bridgehead atoms. The highest BCUT2D eigenvalue weighted by atomic mass is 16.5. The summed E-state index contributed by atoms with van der Waals surface area (Å²) >= 11 is 0. The Labute approximate surface area is 122 Å². The molecule has 0 unspecified atom stereocenters. The molecule has 5 heteroatoms. The van der Waals surface area contributed by atoms with Gasteiger partial charge in [0.1, 0.15) is 0 Å². The minimum absolute atomic E-state index is 0.0303. The van der Waals surface area contributed by atoms with Crippen LogP contribution in [0.1, 0.15) is 39.8 Å². The van der Waals surface area contributed by atoms with Crippen molar-refractivity contribution >= 4 is 0 Å². The van der Waals surface area contributed by atoms with Gasteiger partial charge in [-0.05, 0) is 11.8 Å². The number of hydrogen-bond acceptors (Lipinski definition) is 4. The van der Waals surface area contributed by atoms with Gasteiger partial charge in [0.25, 0.3) is 0 Å². The summed E-state index contributed by atoms with van der Waals surface area (Å²) in [6.45, 7) is 10.4. The molecule has 0 saturated carbocycles. The van der Waals surface area contributed by atoms with Crippen LogP contribution in [-0.4, -0.2) is 42.4 Å². The van der Waals surface area contributed by atoms with Crippen LogP contribution in [0.5, 0.6) is 0 Å². The van der Waals surface area contributed by atoms with E-state index in [0.29, 0.717) is 19.1 Å². The lowest BCUT2D eigenvalue weighted by molar-refractivity contribution is 0.00869. The van der Waals surface area contributed by atoms with Crippen molar-refractivity contribution in [3.63, 3.8) is 0 Å². The fraction of sp³-hybridized carbons (Fsp3) is 0.867. The molecule has 5 nitrogen and oxygen atoms in total. The van der Waals surface area contributed by atoms with E-state index in [1.54, 1.807) is 18.9 Å². The van der Waals surface area contributed by atoms with E-state index in [9.17, 15) is 0 Å². The van der Waals surface area contributed by atoms with E-state index in [2.05, 4.69) is 38.0 Å². The van der Waals surface area contributed by atoms with Crippen molar-refractivity contribution in [3.05, 3.63) is 11.9 Å². The molecule has 0 aliphatic rings. The first-order valence-electron chi connectivity index (χ1n) is 7.07. The predicted octanol–water partition coefficient (Wildman–Crippen LogP) is 2.42. The summed E-state index contributed by atoms with van der Waals surface area (Å²) in [6.07, 6.45) is 2.99. The van der Waals surface area contributed by atoms with Gasteiger partial charge in [0, 0.05) is 38.8 Å². The Kier molecular flexibility index (Phi) is 5.71. The highest BCUT2D eigenvalue weighted by Crippen LogP contribution is 2.40. The summed E-state index contributed by atoms with van der Waals surface area (Å²) < 4.78 is 12.5. The Morgan fingerprint density at radius 1 is 1.15 bits per heavy atom. The van der Waals surface area contributed by atoms with Gasteiger partial charge in [0.15, 0.2) is 0 Å². The van der Waals surface area contributed by atoms with Crippen LogP contribution in [0.4, 0.5) is 0 Å². The third kappa shape index (κ3) is 4.28. The van der Waals surface area contributed by atoms with Crippen LogP contribution < -0.4 is 0 Å². The van der Waals surface area contributed by atoms with Crippen LogP contribution in [0, 0.1) is 11.3 Å². The number of aromatic nitrogens is 3. The Bertz CT molecular complexity index is 407. The van der Waals surface area contributed by atoms with E-state index in [0.717, 1.165) is 12.1 Å². The first-order chi connectivity index (χ1) is 9.23. The molecule has 0 aromatic carbocycles. The predicted molar refractivity (Wildman–Crippen MR) is 79.7 cm³/mol. The lowest BCUT2D eigenvalue weighted by Gasteiger charge is -2.39. The second kappa shape index (κ2) is 6.68. The zero-order valence-corrected chi connectivity index (χ0v) is 13.9. The molecule has 1 aromatic rings. The van der Waals surface area contributed by atoms with Gasteiger partial charge in [-0.15, -0.1) is 5.10 Å². The minimum Gasteiger partial charge on any atom is -0.384 e. The summed E-state index contributed by atoms with van der Waals surface area (Å²) in [4.78, 5) is 0. The Balaban J connectivity index is 2.86. The van der Waals surface area contributed by atoms with Crippen molar-refractivity contribution in [3.8, 4) is 0 Å². The van der Waals surface area contributed by atoms with Crippen LogP contribution in [0.2, 0.25) is 0 Å². The number of ether oxygens (including phenoxy) is 2. The summed E-state index contributed by atoms with van der Waals surface area (Å²) in [5.41, 5.74) is 1.09. The zero-order valence-electron chi connectivity index (χ0n) is 13.9. The number of nitrogens with zero attached hydrogens (tertiary/aromatic N) is 3. The third-order valence-electron chi connectivity index (χ3n) is 4.03. The minimum atomic E-state index is -0.0303. The molecular weight excluding hydrogens is 254 g/mol. The summed E-state index contributed by atoms with van der Waals surface area (Å²) in [6, 6.07) is 0. The van der Waals surface area contributed by atoms with Gasteiger partial charge in [-0.25, -0.2) is 0 Å². The Morgan fingerprint density at radius 2 is 1.70 bits per heavy atom. The topological polar surface area (TPSA) is 49.2 Å². The molecule has 20 heavy (non-hydrogen) atoms. The van der Waals surface area contributed by atoms with E-state index in [1.165, 1.54) is 0 Å². The summed E-state index contributed by atoms with van der Waals surface area (Å²) in [7, 11) is 5.38. The molecule has 1 aromatic heterocycles. The first-order valence-corrected chi connectivity index (χ1v) is 7.07. The SMILES string of the molecule is COCC(COC)C(C)(C)CC(C)(C)c1cn(C)nn1. The van der Waals surface area contributed by atoms with E-state index < -0.39 is 0 Å². The Hall–Kier alpha value is -0.940. The maximum Gasteiger partial charge on any atom is 0.0883 e. The second-order valence-corrected chi connectivity index (χ2v) is 6.93. The van der Waals surface area contributed by atoms with Gasteiger partial charge in [-0.1, -0.05) is 32.9 Å². The van der Waals surface area contributed by atoms with Gasteiger partial charge in [0.2, 0.25) is 0 Å². The highest BCUT2D eigenvalue weighted by molar-refractivity contribution is 5.10. The molecule has 116 valence electrons. The molecule has 0 spiro atoms. The summed E-state index contributed by atoms with van der Waals surface area (Å²) in [5, 5.41) is 8.32. The maximum atomic E-state index is 5.36. The zero-order chi connectivity index (χ0) is 15.4. The quantitative estimate of drug-likeness (QED) is 0.735. The van der Waals surface area contributed by atoms with E-state index in [4.69, 9.17) is 9.47 Å². The van der Waals surface area contributed by atoms with Crippen LogP contribution in [0.3, 0.4) is 0 Å². The highest BCUT2D eigenvalue weighted by Gasteiger charge is 2.37. The van der Waals surface area contributed by atoms with Gasteiger partial charge in [0.05, 0.1) is 18.9 Å². The van der Waals surface area contributed by atoms with Crippen molar-refractivity contribution in [1.82, 2.24) is 15.0 Å². The molecule has 0 fully saturated rings. The van der Waals surface area contributed by atoms with Crippen LogP contribution >= 0.6 is 0 Å². The van der Waals surface area contributed by atoms with Gasteiger partial charge >= 0.3 is 0 Å². The van der Waals surface area contributed by atoms with Gasteiger partial charge in [-0.3, -0.25) is 4.68 Å². The molecule has 0 saturated heterocycles. The molecule has 0 atom stereocenters. The molecule has 0 N–H and O–H groups in total. The molecule has 0 amide bonds. The number of hydrogen-bond donors (Lipinski definition) is 0. The fourth-order valence-electron chi connectivity index (χ4n) is 2.93. The standard InChI is InChI=1S/C15H29N3O2/c1-14(2,12(9-19-6)10-20-7)11-15(3,4)13-8-18(5)17-16-13/h8,12H,9-11H2,1-7H3. The van der Waals surface area contributed by atoms with Crippen molar-refractivity contribution in [1.29, 1.82) is 0 Å². The van der Waals surface area contributed by atoms with Crippen LogP contribution in [-0.2, 0) is 21.9 Å². The molecule has 1 rings (SSSR count). The van der Waals surface area contributed by atoms with Gasteiger partial charge in [-0.2, -0.15) is 0 Å². The maximum absolute atomic E-state index is 5.36. The van der Waals surface area contributed by atoms with Crippen molar-refractivity contribution < 1.29 is 9.47 Å². The average Bonchev–Trinajstić information content (AvgIpc) is 2.75.